The summed E-state index contributed by atoms with van der Waals surface area (Å²) in [5.74, 6) is -0.631. The molecule has 2 aromatic rings. The molecule has 28 heavy (non-hydrogen) atoms. The normalized spacial score (nSPS) is 11.9. The first-order chi connectivity index (χ1) is 13.3. The molecule has 0 aliphatic heterocycles. The van der Waals surface area contributed by atoms with E-state index in [9.17, 15) is 9.59 Å². The zero-order valence-electron chi connectivity index (χ0n) is 15.7. The third kappa shape index (κ3) is 5.21. The number of aryl methyl sites for hydroxylation is 1. The van der Waals surface area contributed by atoms with Gasteiger partial charge in [0.05, 0.1) is 19.2 Å². The standard InChI is InChI=1S/C19H19Cl2N3O4/c1-10-5-6-13(21)14(7-10)23-24-17(11(2)25)19(26)22-18-15(27-3)8-12(20)9-16(18)28-4/h5-9,17H,1-4H3,(H,22,26). The molecule has 1 atom stereocenters. The van der Waals surface area contributed by atoms with E-state index in [1.807, 2.05) is 13.0 Å². The predicted octanol–water partition coefficient (Wildman–Crippen LogP) is 5.00. The van der Waals surface area contributed by atoms with Crippen LogP contribution in [0.15, 0.2) is 40.6 Å². The number of amides is 1. The van der Waals surface area contributed by atoms with Crippen LogP contribution in [0.4, 0.5) is 11.4 Å². The molecule has 0 fully saturated rings. The number of azo groups is 1. The summed E-state index contributed by atoms with van der Waals surface area (Å²) in [5, 5.41) is 11.2. The molecule has 1 amide bonds. The highest BCUT2D eigenvalue weighted by molar-refractivity contribution is 6.33. The highest BCUT2D eigenvalue weighted by Gasteiger charge is 2.26. The Bertz CT molecular complexity index is 906. The third-order valence-corrected chi connectivity index (χ3v) is 4.27. The predicted molar refractivity (Wildman–Crippen MR) is 108 cm³/mol. The van der Waals surface area contributed by atoms with Crippen molar-refractivity contribution in [1.29, 1.82) is 0 Å². The van der Waals surface area contributed by atoms with Gasteiger partial charge in [-0.2, -0.15) is 10.2 Å². The number of benzene rings is 2. The van der Waals surface area contributed by atoms with Gasteiger partial charge in [0.2, 0.25) is 6.04 Å². The van der Waals surface area contributed by atoms with Gasteiger partial charge in [-0.05, 0) is 31.5 Å². The molecule has 0 saturated heterocycles. The maximum absolute atomic E-state index is 12.7. The van der Waals surface area contributed by atoms with Gasteiger partial charge in [-0.15, -0.1) is 0 Å². The number of carbonyl (C=O) groups is 2. The molecule has 0 radical (unpaired) electrons. The summed E-state index contributed by atoms with van der Waals surface area (Å²) in [6.07, 6.45) is 0. The molecule has 7 nitrogen and oxygen atoms in total. The number of rotatable bonds is 7. The highest BCUT2D eigenvalue weighted by Crippen LogP contribution is 2.38. The van der Waals surface area contributed by atoms with Crippen LogP contribution in [-0.2, 0) is 9.59 Å². The number of Topliss-reactive ketones (excluding diaryl/α,β-unsaturated/α-hetero) is 1. The van der Waals surface area contributed by atoms with E-state index in [-0.39, 0.29) is 17.2 Å². The Kier molecular flexibility index (Phi) is 7.37. The lowest BCUT2D eigenvalue weighted by atomic mass is 10.2. The van der Waals surface area contributed by atoms with Crippen LogP contribution in [0.5, 0.6) is 11.5 Å². The van der Waals surface area contributed by atoms with E-state index >= 15 is 0 Å². The lowest BCUT2D eigenvalue weighted by Gasteiger charge is -2.16. The van der Waals surface area contributed by atoms with E-state index in [0.717, 1.165) is 5.56 Å². The first-order valence-corrected chi connectivity index (χ1v) is 8.92. The Morgan fingerprint density at radius 3 is 2.21 bits per heavy atom. The van der Waals surface area contributed by atoms with Crippen LogP contribution in [0.25, 0.3) is 0 Å². The summed E-state index contributed by atoms with van der Waals surface area (Å²) in [4.78, 5) is 24.7. The quantitative estimate of drug-likeness (QED) is 0.501. The van der Waals surface area contributed by atoms with Crippen LogP contribution in [0.3, 0.4) is 0 Å². The van der Waals surface area contributed by atoms with Crippen molar-refractivity contribution < 1.29 is 19.1 Å². The molecule has 148 valence electrons. The van der Waals surface area contributed by atoms with Gasteiger partial charge in [0.1, 0.15) is 22.9 Å². The van der Waals surface area contributed by atoms with Crippen LogP contribution in [0.2, 0.25) is 10.0 Å². The Morgan fingerprint density at radius 2 is 1.68 bits per heavy atom. The SMILES string of the molecule is COc1cc(Cl)cc(OC)c1NC(=O)C(N=Nc1cc(C)ccc1Cl)C(C)=O. The summed E-state index contributed by atoms with van der Waals surface area (Å²) < 4.78 is 10.5. The van der Waals surface area contributed by atoms with Gasteiger partial charge in [-0.1, -0.05) is 29.3 Å². The zero-order chi connectivity index (χ0) is 20.8. The summed E-state index contributed by atoms with van der Waals surface area (Å²) >= 11 is 12.1. The Hall–Kier alpha value is -2.64. The van der Waals surface area contributed by atoms with Crippen molar-refractivity contribution in [3.8, 4) is 11.5 Å². The molecule has 1 unspecified atom stereocenters. The largest absolute Gasteiger partial charge is 0.494 e. The molecule has 0 heterocycles. The second-order valence-corrected chi connectivity index (χ2v) is 6.70. The Labute approximate surface area is 172 Å². The molecular weight excluding hydrogens is 405 g/mol. The first kappa shape index (κ1) is 21.7. The van der Waals surface area contributed by atoms with E-state index in [1.165, 1.54) is 33.3 Å². The summed E-state index contributed by atoms with van der Waals surface area (Å²) in [5.41, 5.74) is 1.51. The van der Waals surface area contributed by atoms with Crippen molar-refractivity contribution in [2.24, 2.45) is 10.2 Å². The van der Waals surface area contributed by atoms with Crippen LogP contribution in [0, 0.1) is 6.92 Å². The monoisotopic (exact) mass is 423 g/mol. The second kappa shape index (κ2) is 9.52. The van der Waals surface area contributed by atoms with Crippen LogP contribution in [-0.4, -0.2) is 32.0 Å². The number of anilines is 1. The van der Waals surface area contributed by atoms with Crippen molar-refractivity contribution in [2.45, 2.75) is 19.9 Å². The molecule has 0 saturated carbocycles. The van der Waals surface area contributed by atoms with E-state index < -0.39 is 17.7 Å². The number of ketones is 1. The molecule has 0 aliphatic rings. The molecule has 1 N–H and O–H groups in total. The van der Waals surface area contributed by atoms with E-state index in [4.69, 9.17) is 32.7 Å². The van der Waals surface area contributed by atoms with Crippen molar-refractivity contribution in [3.63, 3.8) is 0 Å². The summed E-state index contributed by atoms with van der Waals surface area (Å²) in [6, 6.07) is 6.83. The minimum atomic E-state index is -1.37. The van der Waals surface area contributed by atoms with Crippen molar-refractivity contribution in [1.82, 2.24) is 0 Å². The minimum absolute atomic E-state index is 0.231. The smallest absolute Gasteiger partial charge is 0.259 e. The molecule has 9 heteroatoms. The second-order valence-electron chi connectivity index (χ2n) is 5.86. The van der Waals surface area contributed by atoms with Gasteiger partial charge in [0, 0.05) is 17.2 Å². The maximum Gasteiger partial charge on any atom is 0.259 e. The summed E-state index contributed by atoms with van der Waals surface area (Å²) in [6.45, 7) is 3.11. The average molecular weight is 424 g/mol. The lowest BCUT2D eigenvalue weighted by molar-refractivity contribution is -0.126. The number of methoxy groups -OCH3 is 2. The van der Waals surface area contributed by atoms with Gasteiger partial charge < -0.3 is 14.8 Å². The average Bonchev–Trinajstić information content (AvgIpc) is 2.65. The lowest BCUT2D eigenvalue weighted by Crippen LogP contribution is -2.32. The Morgan fingerprint density at radius 1 is 1.07 bits per heavy atom. The molecule has 0 aliphatic carbocycles. The fourth-order valence-corrected chi connectivity index (χ4v) is 2.69. The number of ether oxygens (including phenoxy) is 2. The molecule has 0 bridgehead atoms. The maximum atomic E-state index is 12.7. The number of hydrogen-bond acceptors (Lipinski definition) is 6. The number of carbonyl (C=O) groups excluding carboxylic acids is 2. The number of nitrogens with zero attached hydrogens (tertiary/aromatic N) is 2. The van der Waals surface area contributed by atoms with Gasteiger partial charge in [-0.3, -0.25) is 9.59 Å². The van der Waals surface area contributed by atoms with Crippen molar-refractivity contribution >= 4 is 46.3 Å². The van der Waals surface area contributed by atoms with Crippen molar-refractivity contribution in [3.05, 3.63) is 45.9 Å². The number of nitrogens with one attached hydrogen (secondary N) is 1. The van der Waals surface area contributed by atoms with Gasteiger partial charge in [0.25, 0.3) is 5.91 Å². The van der Waals surface area contributed by atoms with E-state index in [1.54, 1.807) is 12.1 Å². The highest BCUT2D eigenvalue weighted by atomic mass is 35.5. The zero-order valence-corrected chi connectivity index (χ0v) is 17.3. The fourth-order valence-electron chi connectivity index (χ4n) is 2.33. The molecule has 0 spiro atoms. The van der Waals surface area contributed by atoms with Gasteiger partial charge in [0.15, 0.2) is 5.78 Å². The minimum Gasteiger partial charge on any atom is -0.494 e. The van der Waals surface area contributed by atoms with Crippen LogP contribution >= 0.6 is 23.2 Å². The van der Waals surface area contributed by atoms with Crippen LogP contribution < -0.4 is 14.8 Å². The van der Waals surface area contributed by atoms with Crippen LogP contribution in [0.1, 0.15) is 12.5 Å². The molecule has 2 aromatic carbocycles. The van der Waals surface area contributed by atoms with E-state index in [2.05, 4.69) is 15.5 Å². The topological polar surface area (TPSA) is 89.3 Å². The first-order valence-electron chi connectivity index (χ1n) is 8.16. The Balaban J connectivity index is 2.33. The van der Waals surface area contributed by atoms with E-state index in [0.29, 0.717) is 15.7 Å². The summed E-state index contributed by atoms with van der Waals surface area (Å²) in [7, 11) is 2.84. The number of hydrogen-bond donors (Lipinski definition) is 1. The number of halogens is 2. The molecular formula is C19H19Cl2N3O4. The fraction of sp³-hybridized carbons (Fsp3) is 0.263. The van der Waals surface area contributed by atoms with Crippen molar-refractivity contribution in [2.75, 3.05) is 19.5 Å². The molecule has 0 aromatic heterocycles. The van der Waals surface area contributed by atoms with Gasteiger partial charge in [-0.25, -0.2) is 0 Å². The molecule has 2 rings (SSSR count). The third-order valence-electron chi connectivity index (χ3n) is 3.73. The van der Waals surface area contributed by atoms with Gasteiger partial charge >= 0.3 is 0 Å².